The number of piperidine rings is 1. The van der Waals surface area contributed by atoms with Crippen LogP contribution in [0.15, 0.2) is 53.4 Å². The molecular weight excluding hydrogens is 348 g/mol. The number of rotatable bonds is 4. The summed E-state index contributed by atoms with van der Waals surface area (Å²) in [5.74, 6) is -0.203. The van der Waals surface area contributed by atoms with Crippen LogP contribution in [-0.4, -0.2) is 31.7 Å². The number of para-hydroxylation sites is 1. The van der Waals surface area contributed by atoms with Gasteiger partial charge in [0.1, 0.15) is 0 Å². The molecule has 0 saturated carbocycles. The fourth-order valence-electron chi connectivity index (χ4n) is 3.17. The van der Waals surface area contributed by atoms with E-state index in [0.717, 1.165) is 16.8 Å². The third-order valence-corrected chi connectivity index (χ3v) is 6.80. The Balaban J connectivity index is 1.62. The lowest BCUT2D eigenvalue weighted by Crippen LogP contribution is -2.41. The van der Waals surface area contributed by atoms with Gasteiger partial charge in [0, 0.05) is 24.7 Å². The minimum Gasteiger partial charge on any atom is -0.326 e. The molecule has 0 atom stereocenters. The van der Waals surface area contributed by atoms with Gasteiger partial charge in [-0.2, -0.15) is 4.31 Å². The normalized spacial score (nSPS) is 16.4. The second-order valence-corrected chi connectivity index (χ2v) is 8.73. The first-order valence-electron chi connectivity index (χ1n) is 8.81. The predicted octanol–water partition coefficient (Wildman–Crippen LogP) is 3.34. The maximum Gasteiger partial charge on any atom is 0.243 e. The molecule has 3 rings (SSSR count). The number of nitrogens with one attached hydrogen (secondary N) is 1. The van der Waals surface area contributed by atoms with Crippen LogP contribution < -0.4 is 5.32 Å². The number of carbonyl (C=O) groups excluding carboxylic acids is 1. The molecule has 1 N–H and O–H groups in total. The average Bonchev–Trinajstić information content (AvgIpc) is 2.64. The molecule has 26 heavy (non-hydrogen) atoms. The summed E-state index contributed by atoms with van der Waals surface area (Å²) in [5, 5.41) is 2.96. The second kappa shape index (κ2) is 7.60. The van der Waals surface area contributed by atoms with Gasteiger partial charge in [-0.1, -0.05) is 35.9 Å². The number of anilines is 1. The van der Waals surface area contributed by atoms with E-state index < -0.39 is 10.0 Å². The Hall–Kier alpha value is -2.18. The van der Waals surface area contributed by atoms with Gasteiger partial charge in [0.15, 0.2) is 0 Å². The Morgan fingerprint density at radius 1 is 1.00 bits per heavy atom. The van der Waals surface area contributed by atoms with Gasteiger partial charge < -0.3 is 5.32 Å². The van der Waals surface area contributed by atoms with Gasteiger partial charge in [0.25, 0.3) is 0 Å². The third-order valence-electron chi connectivity index (χ3n) is 4.89. The van der Waals surface area contributed by atoms with Crippen LogP contribution in [0.3, 0.4) is 0 Å². The number of amides is 1. The Kier molecular flexibility index (Phi) is 5.44. The van der Waals surface area contributed by atoms with Crippen molar-refractivity contribution in [2.45, 2.75) is 31.6 Å². The zero-order chi connectivity index (χ0) is 18.7. The zero-order valence-corrected chi connectivity index (χ0v) is 15.9. The van der Waals surface area contributed by atoms with E-state index in [-0.39, 0.29) is 11.8 Å². The number of sulfonamides is 1. The fourth-order valence-corrected chi connectivity index (χ4v) is 4.64. The van der Waals surface area contributed by atoms with Crippen LogP contribution in [0.2, 0.25) is 0 Å². The van der Waals surface area contributed by atoms with Crippen LogP contribution in [0.5, 0.6) is 0 Å². The van der Waals surface area contributed by atoms with Crippen molar-refractivity contribution in [3.8, 4) is 0 Å². The summed E-state index contributed by atoms with van der Waals surface area (Å²) in [6, 6.07) is 14.5. The Morgan fingerprint density at radius 2 is 1.62 bits per heavy atom. The molecular formula is C20H24N2O3S. The zero-order valence-electron chi connectivity index (χ0n) is 15.1. The van der Waals surface area contributed by atoms with Crippen LogP contribution in [0, 0.1) is 19.8 Å². The maximum absolute atomic E-state index is 12.7. The number of aryl methyl sites for hydroxylation is 2. The van der Waals surface area contributed by atoms with E-state index in [1.54, 1.807) is 24.3 Å². The van der Waals surface area contributed by atoms with Crippen LogP contribution in [0.4, 0.5) is 5.69 Å². The summed E-state index contributed by atoms with van der Waals surface area (Å²) in [5.41, 5.74) is 2.85. The van der Waals surface area contributed by atoms with E-state index in [2.05, 4.69) is 5.32 Å². The van der Waals surface area contributed by atoms with Gasteiger partial charge in [0.2, 0.25) is 15.9 Å². The molecule has 2 aromatic rings. The van der Waals surface area contributed by atoms with Gasteiger partial charge in [-0.25, -0.2) is 8.42 Å². The molecule has 138 valence electrons. The van der Waals surface area contributed by atoms with Crippen molar-refractivity contribution in [2.24, 2.45) is 5.92 Å². The van der Waals surface area contributed by atoms with Crippen LogP contribution in [0.1, 0.15) is 24.0 Å². The highest BCUT2D eigenvalue weighted by molar-refractivity contribution is 7.89. The SMILES string of the molecule is Cc1ccc(S(=O)(=O)N2CCC(C(=O)Nc3ccccc3C)CC2)cc1. The monoisotopic (exact) mass is 372 g/mol. The van der Waals surface area contributed by atoms with E-state index in [0.29, 0.717) is 30.8 Å². The van der Waals surface area contributed by atoms with Crippen molar-refractivity contribution in [2.75, 3.05) is 18.4 Å². The van der Waals surface area contributed by atoms with Gasteiger partial charge in [0.05, 0.1) is 4.90 Å². The molecule has 1 heterocycles. The van der Waals surface area contributed by atoms with E-state index in [4.69, 9.17) is 0 Å². The maximum atomic E-state index is 12.7. The van der Waals surface area contributed by atoms with Crippen molar-refractivity contribution in [1.82, 2.24) is 4.31 Å². The van der Waals surface area contributed by atoms with Crippen LogP contribution in [-0.2, 0) is 14.8 Å². The molecule has 0 aromatic heterocycles. The van der Waals surface area contributed by atoms with Gasteiger partial charge >= 0.3 is 0 Å². The molecule has 1 aliphatic rings. The third kappa shape index (κ3) is 3.97. The highest BCUT2D eigenvalue weighted by atomic mass is 32.2. The summed E-state index contributed by atoms with van der Waals surface area (Å²) in [4.78, 5) is 12.8. The number of hydrogen-bond acceptors (Lipinski definition) is 3. The van der Waals surface area contributed by atoms with E-state index in [9.17, 15) is 13.2 Å². The Bertz CT molecular complexity index is 884. The van der Waals surface area contributed by atoms with Crippen molar-refractivity contribution >= 4 is 21.6 Å². The van der Waals surface area contributed by atoms with Crippen molar-refractivity contribution in [3.05, 3.63) is 59.7 Å². The first kappa shape index (κ1) is 18.6. The molecule has 1 amide bonds. The Labute approximate surface area is 155 Å². The molecule has 2 aromatic carbocycles. The van der Waals surface area contributed by atoms with Crippen molar-refractivity contribution < 1.29 is 13.2 Å². The molecule has 0 aliphatic carbocycles. The molecule has 0 bridgehead atoms. The van der Waals surface area contributed by atoms with E-state index in [1.165, 1.54) is 4.31 Å². The smallest absolute Gasteiger partial charge is 0.243 e. The number of carbonyl (C=O) groups is 1. The lowest BCUT2D eigenvalue weighted by molar-refractivity contribution is -0.120. The molecule has 1 saturated heterocycles. The molecule has 0 radical (unpaired) electrons. The summed E-state index contributed by atoms with van der Waals surface area (Å²) in [6.45, 7) is 4.60. The minimum atomic E-state index is -3.49. The average molecular weight is 372 g/mol. The first-order valence-corrected chi connectivity index (χ1v) is 10.3. The highest BCUT2D eigenvalue weighted by Crippen LogP contribution is 2.25. The molecule has 0 spiro atoms. The summed E-state index contributed by atoms with van der Waals surface area (Å²) < 4.78 is 27.0. The van der Waals surface area contributed by atoms with Crippen molar-refractivity contribution in [3.63, 3.8) is 0 Å². The molecule has 0 unspecified atom stereocenters. The van der Waals surface area contributed by atoms with Gasteiger partial charge in [-0.3, -0.25) is 4.79 Å². The summed E-state index contributed by atoms with van der Waals surface area (Å²) >= 11 is 0. The molecule has 1 fully saturated rings. The lowest BCUT2D eigenvalue weighted by Gasteiger charge is -2.30. The summed E-state index contributed by atoms with van der Waals surface area (Å²) in [6.07, 6.45) is 1.06. The fraction of sp³-hybridized carbons (Fsp3) is 0.350. The van der Waals surface area contributed by atoms with E-state index >= 15 is 0 Å². The van der Waals surface area contributed by atoms with Gasteiger partial charge in [-0.15, -0.1) is 0 Å². The van der Waals surface area contributed by atoms with Gasteiger partial charge in [-0.05, 0) is 50.5 Å². The lowest BCUT2D eigenvalue weighted by atomic mass is 9.97. The van der Waals surface area contributed by atoms with E-state index in [1.807, 2.05) is 38.1 Å². The molecule has 5 nitrogen and oxygen atoms in total. The largest absolute Gasteiger partial charge is 0.326 e. The number of nitrogens with zero attached hydrogens (tertiary/aromatic N) is 1. The van der Waals surface area contributed by atoms with Crippen LogP contribution in [0.25, 0.3) is 0 Å². The summed E-state index contributed by atoms with van der Waals surface area (Å²) in [7, 11) is -3.49. The molecule has 1 aliphatic heterocycles. The van der Waals surface area contributed by atoms with Crippen LogP contribution >= 0.6 is 0 Å². The number of hydrogen-bond donors (Lipinski definition) is 1. The van der Waals surface area contributed by atoms with Crippen molar-refractivity contribution in [1.29, 1.82) is 0 Å². The quantitative estimate of drug-likeness (QED) is 0.895. The molecule has 6 heteroatoms. The minimum absolute atomic E-state index is 0.0355. The highest BCUT2D eigenvalue weighted by Gasteiger charge is 2.32. The standard InChI is InChI=1S/C20H24N2O3S/c1-15-7-9-18(10-8-15)26(24,25)22-13-11-17(12-14-22)20(23)21-19-6-4-3-5-16(19)2/h3-10,17H,11-14H2,1-2H3,(H,21,23). The second-order valence-electron chi connectivity index (χ2n) is 6.80. The topological polar surface area (TPSA) is 66.5 Å². The number of benzene rings is 2. The Morgan fingerprint density at radius 3 is 2.23 bits per heavy atom. The first-order chi connectivity index (χ1) is 12.4. The predicted molar refractivity (Wildman–Crippen MR) is 102 cm³/mol.